The average molecular weight is 436 g/mol. The van der Waals surface area contributed by atoms with Gasteiger partial charge in [-0.1, -0.05) is 18.2 Å². The highest BCUT2D eigenvalue weighted by Gasteiger charge is 2.45. The standard InChI is InChI=1S/C25H29N3O4/c1-15(25(2,26)13-7-8-16-14-27-19-10-6-5-9-17(16)19)28-23(29)18-11-12-20(31-3)22(32-4)21(18)24(28)30/h5-6,9-12,14-15,27H,7-8,13,26H2,1-4H3. The monoisotopic (exact) mass is 435 g/mol. The van der Waals surface area contributed by atoms with Gasteiger partial charge in [-0.2, -0.15) is 0 Å². The van der Waals surface area contributed by atoms with Gasteiger partial charge in [-0.05, 0) is 56.9 Å². The van der Waals surface area contributed by atoms with Gasteiger partial charge in [0.05, 0.1) is 31.4 Å². The number of aromatic nitrogens is 1. The van der Waals surface area contributed by atoms with Crippen LogP contribution in [0.3, 0.4) is 0 Å². The molecule has 2 amide bonds. The predicted octanol–water partition coefficient (Wildman–Crippen LogP) is 3.91. The number of methoxy groups -OCH3 is 2. The van der Waals surface area contributed by atoms with Crippen LogP contribution in [0, 0.1) is 0 Å². The van der Waals surface area contributed by atoms with Crippen LogP contribution in [0.15, 0.2) is 42.6 Å². The Kier molecular flexibility index (Phi) is 5.69. The van der Waals surface area contributed by atoms with Crippen LogP contribution in [-0.2, 0) is 6.42 Å². The fourth-order valence-corrected chi connectivity index (χ4v) is 4.51. The zero-order valence-corrected chi connectivity index (χ0v) is 18.9. The van der Waals surface area contributed by atoms with Crippen molar-refractivity contribution in [1.29, 1.82) is 0 Å². The highest BCUT2D eigenvalue weighted by Crippen LogP contribution is 2.40. The first-order valence-corrected chi connectivity index (χ1v) is 10.8. The second-order valence-electron chi connectivity index (χ2n) is 8.60. The zero-order valence-electron chi connectivity index (χ0n) is 18.9. The van der Waals surface area contributed by atoms with E-state index in [-0.39, 0.29) is 17.2 Å². The number of nitrogens with one attached hydrogen (secondary N) is 1. The minimum absolute atomic E-state index is 0.235. The molecule has 0 saturated carbocycles. The van der Waals surface area contributed by atoms with Gasteiger partial charge in [-0.25, -0.2) is 0 Å². The summed E-state index contributed by atoms with van der Waals surface area (Å²) in [6.07, 6.45) is 4.38. The summed E-state index contributed by atoms with van der Waals surface area (Å²) in [6.45, 7) is 3.73. The summed E-state index contributed by atoms with van der Waals surface area (Å²) in [5.74, 6) is -0.0689. The lowest BCUT2D eigenvalue weighted by molar-refractivity contribution is 0.0520. The van der Waals surface area contributed by atoms with Crippen LogP contribution in [0.1, 0.15) is 53.0 Å². The van der Waals surface area contributed by atoms with E-state index in [0.29, 0.717) is 17.7 Å². The maximum Gasteiger partial charge on any atom is 0.265 e. The van der Waals surface area contributed by atoms with Crippen LogP contribution in [0.5, 0.6) is 11.5 Å². The molecule has 2 aromatic carbocycles. The number of nitrogens with zero attached hydrogens (tertiary/aromatic N) is 1. The molecule has 0 spiro atoms. The largest absolute Gasteiger partial charge is 0.493 e. The number of hydrogen-bond donors (Lipinski definition) is 2. The van der Waals surface area contributed by atoms with Gasteiger partial charge in [-0.3, -0.25) is 14.5 Å². The van der Waals surface area contributed by atoms with E-state index in [2.05, 4.69) is 17.1 Å². The van der Waals surface area contributed by atoms with Crippen LogP contribution in [0.2, 0.25) is 0 Å². The van der Waals surface area contributed by atoms with E-state index < -0.39 is 17.5 Å². The van der Waals surface area contributed by atoms with Crippen molar-refractivity contribution in [1.82, 2.24) is 9.88 Å². The molecule has 4 rings (SSSR count). The molecule has 0 saturated heterocycles. The smallest absolute Gasteiger partial charge is 0.265 e. The molecule has 7 nitrogen and oxygen atoms in total. The number of aryl methyl sites for hydroxylation is 1. The topological polar surface area (TPSA) is 97.7 Å². The van der Waals surface area contributed by atoms with Gasteiger partial charge in [0, 0.05) is 22.6 Å². The molecular weight excluding hydrogens is 406 g/mol. The fraction of sp³-hybridized carbons (Fsp3) is 0.360. The lowest BCUT2D eigenvalue weighted by Crippen LogP contribution is -2.56. The molecule has 0 fully saturated rings. The summed E-state index contributed by atoms with van der Waals surface area (Å²) < 4.78 is 10.7. The molecule has 2 unspecified atom stereocenters. The van der Waals surface area contributed by atoms with E-state index in [1.807, 2.05) is 32.2 Å². The molecule has 2 heterocycles. The van der Waals surface area contributed by atoms with Gasteiger partial charge in [0.15, 0.2) is 11.5 Å². The first-order valence-electron chi connectivity index (χ1n) is 10.8. The van der Waals surface area contributed by atoms with Crippen LogP contribution in [0.25, 0.3) is 10.9 Å². The second-order valence-corrected chi connectivity index (χ2v) is 8.60. The number of nitrogens with two attached hydrogens (primary N) is 1. The van der Waals surface area contributed by atoms with Crippen molar-refractivity contribution in [2.45, 2.75) is 44.7 Å². The SMILES string of the molecule is COc1ccc2c(c1OC)C(=O)N(C(C)C(C)(N)CCCc1c[nH]c3ccccc13)C2=O. The van der Waals surface area contributed by atoms with Crippen molar-refractivity contribution in [3.05, 3.63) is 59.3 Å². The van der Waals surface area contributed by atoms with Gasteiger partial charge >= 0.3 is 0 Å². The number of fused-ring (bicyclic) bond motifs is 2. The number of carbonyl (C=O) groups is 2. The number of carbonyl (C=O) groups excluding carboxylic acids is 2. The highest BCUT2D eigenvalue weighted by molar-refractivity contribution is 6.23. The van der Waals surface area contributed by atoms with Gasteiger partial charge in [0.1, 0.15) is 0 Å². The van der Waals surface area contributed by atoms with Gasteiger partial charge in [-0.15, -0.1) is 0 Å². The third-order valence-corrected chi connectivity index (χ3v) is 6.61. The lowest BCUT2D eigenvalue weighted by atomic mass is 9.87. The Morgan fingerprint density at radius 2 is 1.84 bits per heavy atom. The summed E-state index contributed by atoms with van der Waals surface area (Å²) in [5.41, 5.74) is 8.81. The summed E-state index contributed by atoms with van der Waals surface area (Å²) >= 11 is 0. The first-order chi connectivity index (χ1) is 15.3. The number of para-hydroxylation sites is 1. The average Bonchev–Trinajstić information content (AvgIpc) is 3.31. The molecule has 3 aromatic rings. The Labute approximate surface area is 187 Å². The molecule has 2 atom stereocenters. The maximum atomic E-state index is 13.3. The Bertz CT molecular complexity index is 1180. The van der Waals surface area contributed by atoms with Crippen LogP contribution in [-0.4, -0.2) is 47.5 Å². The zero-order chi connectivity index (χ0) is 23.0. The maximum absolute atomic E-state index is 13.3. The van der Waals surface area contributed by atoms with Crippen LogP contribution >= 0.6 is 0 Å². The summed E-state index contributed by atoms with van der Waals surface area (Å²) in [5, 5.41) is 1.21. The Hall–Kier alpha value is -3.32. The van der Waals surface area contributed by atoms with E-state index in [4.69, 9.17) is 15.2 Å². The Morgan fingerprint density at radius 3 is 2.56 bits per heavy atom. The highest BCUT2D eigenvalue weighted by atomic mass is 16.5. The van der Waals surface area contributed by atoms with Crippen molar-refractivity contribution in [3.8, 4) is 11.5 Å². The molecule has 168 valence electrons. The van der Waals surface area contributed by atoms with Crippen LogP contribution in [0.4, 0.5) is 0 Å². The van der Waals surface area contributed by atoms with Gasteiger partial charge < -0.3 is 20.2 Å². The molecule has 7 heteroatoms. The van der Waals surface area contributed by atoms with Gasteiger partial charge in [0.25, 0.3) is 11.8 Å². The number of hydrogen-bond acceptors (Lipinski definition) is 5. The number of rotatable bonds is 8. The normalized spacial score (nSPS) is 16.2. The molecule has 1 aromatic heterocycles. The number of amides is 2. The molecule has 0 radical (unpaired) electrons. The van der Waals surface area contributed by atoms with Crippen molar-refractivity contribution < 1.29 is 19.1 Å². The van der Waals surface area contributed by atoms with Crippen molar-refractivity contribution in [3.63, 3.8) is 0 Å². The Balaban J connectivity index is 1.50. The molecule has 0 aliphatic carbocycles. The number of imide groups is 1. The minimum atomic E-state index is -0.753. The second kappa shape index (κ2) is 8.31. The minimum Gasteiger partial charge on any atom is -0.493 e. The first kappa shape index (κ1) is 21.9. The third-order valence-electron chi connectivity index (χ3n) is 6.61. The van der Waals surface area contributed by atoms with E-state index in [1.165, 1.54) is 30.1 Å². The van der Waals surface area contributed by atoms with E-state index in [9.17, 15) is 9.59 Å². The quantitative estimate of drug-likeness (QED) is 0.523. The Morgan fingerprint density at radius 1 is 1.09 bits per heavy atom. The summed E-state index contributed by atoms with van der Waals surface area (Å²) in [4.78, 5) is 30.9. The fourth-order valence-electron chi connectivity index (χ4n) is 4.51. The molecule has 3 N–H and O–H groups in total. The number of aromatic amines is 1. The van der Waals surface area contributed by atoms with E-state index >= 15 is 0 Å². The van der Waals surface area contributed by atoms with E-state index in [1.54, 1.807) is 12.1 Å². The molecule has 1 aliphatic heterocycles. The summed E-state index contributed by atoms with van der Waals surface area (Å²) in [6, 6.07) is 10.9. The van der Waals surface area contributed by atoms with Crippen molar-refractivity contribution in [2.24, 2.45) is 5.73 Å². The number of H-pyrrole nitrogens is 1. The summed E-state index contributed by atoms with van der Waals surface area (Å²) in [7, 11) is 2.95. The number of ether oxygens (including phenoxy) is 2. The van der Waals surface area contributed by atoms with Crippen molar-refractivity contribution in [2.75, 3.05) is 14.2 Å². The van der Waals surface area contributed by atoms with Crippen LogP contribution < -0.4 is 15.2 Å². The predicted molar refractivity (Wildman–Crippen MR) is 123 cm³/mol. The number of benzene rings is 2. The lowest BCUT2D eigenvalue weighted by Gasteiger charge is -2.36. The molecular formula is C25H29N3O4. The van der Waals surface area contributed by atoms with Crippen molar-refractivity contribution >= 4 is 22.7 Å². The van der Waals surface area contributed by atoms with Gasteiger partial charge in [0.2, 0.25) is 0 Å². The van der Waals surface area contributed by atoms with E-state index in [0.717, 1.165) is 18.4 Å². The molecule has 1 aliphatic rings. The molecule has 0 bridgehead atoms. The third kappa shape index (κ3) is 3.52. The molecule has 32 heavy (non-hydrogen) atoms.